The van der Waals surface area contributed by atoms with Gasteiger partial charge in [0.1, 0.15) is 11.2 Å². The van der Waals surface area contributed by atoms with Crippen LogP contribution >= 0.6 is 0 Å². The first-order chi connectivity index (χ1) is 18.3. The SMILES string of the molecule is CC(C)(C#N)c1nc(-n2c3nc(Nc4ccc5c(c4)CCNC54CC4)ncc3c(=O)n2C2CC2)ccc1F. The van der Waals surface area contributed by atoms with Crippen molar-refractivity contribution in [3.63, 3.8) is 0 Å². The van der Waals surface area contributed by atoms with Crippen molar-refractivity contribution in [3.8, 4) is 11.9 Å². The fourth-order valence-corrected chi connectivity index (χ4v) is 5.55. The number of hydrogen-bond acceptors (Lipinski definition) is 7. The first-order valence-electron chi connectivity index (χ1n) is 13.0. The van der Waals surface area contributed by atoms with Crippen LogP contribution in [0.4, 0.5) is 16.0 Å². The average Bonchev–Trinajstić information content (AvgIpc) is 3.85. The fourth-order valence-electron chi connectivity index (χ4n) is 5.55. The van der Waals surface area contributed by atoms with E-state index in [-0.39, 0.29) is 22.8 Å². The number of nitrogens with one attached hydrogen (secondary N) is 2. The van der Waals surface area contributed by atoms with E-state index < -0.39 is 11.2 Å². The quantitative estimate of drug-likeness (QED) is 0.415. The van der Waals surface area contributed by atoms with Crippen LogP contribution in [0.5, 0.6) is 0 Å². The highest BCUT2D eigenvalue weighted by Gasteiger charge is 2.46. The number of fused-ring (bicyclic) bond motifs is 3. The standard InChI is InChI=1S/C28H27FN8O/c1-27(2,15-30)23-21(29)7-8-22(34-23)37-24-19(25(38)36(37)18-4-5-18)14-31-26(35-24)33-17-3-6-20-16(13-17)9-12-32-28(20)10-11-28/h3,6-8,13-14,18,32H,4-5,9-12H2,1-2H3,(H,31,33,35). The molecule has 2 saturated carbocycles. The molecule has 2 fully saturated rings. The largest absolute Gasteiger partial charge is 0.324 e. The van der Waals surface area contributed by atoms with Gasteiger partial charge >= 0.3 is 0 Å². The van der Waals surface area contributed by atoms with Crippen LogP contribution in [0.1, 0.15) is 62.4 Å². The molecule has 0 saturated heterocycles. The maximum Gasteiger partial charge on any atom is 0.278 e. The summed E-state index contributed by atoms with van der Waals surface area (Å²) in [7, 11) is 0. The highest BCUT2D eigenvalue weighted by atomic mass is 19.1. The molecule has 1 spiro atoms. The number of rotatable bonds is 5. The Morgan fingerprint density at radius 1 is 1.21 bits per heavy atom. The lowest BCUT2D eigenvalue weighted by molar-refractivity contribution is 0.490. The Balaban J connectivity index is 1.33. The highest BCUT2D eigenvalue weighted by molar-refractivity contribution is 5.77. The van der Waals surface area contributed by atoms with Crippen molar-refractivity contribution in [3.05, 3.63) is 69.5 Å². The van der Waals surface area contributed by atoms with Crippen LogP contribution in [0.2, 0.25) is 0 Å². The van der Waals surface area contributed by atoms with Crippen LogP contribution in [-0.2, 0) is 17.4 Å². The minimum atomic E-state index is -1.14. The van der Waals surface area contributed by atoms with Gasteiger partial charge in [0.25, 0.3) is 5.56 Å². The van der Waals surface area contributed by atoms with E-state index in [0.717, 1.165) is 31.5 Å². The summed E-state index contributed by atoms with van der Waals surface area (Å²) in [6.45, 7) is 4.21. The van der Waals surface area contributed by atoms with Gasteiger partial charge in [-0.25, -0.2) is 23.7 Å². The van der Waals surface area contributed by atoms with Gasteiger partial charge < -0.3 is 10.6 Å². The van der Waals surface area contributed by atoms with Crippen LogP contribution in [-0.4, -0.2) is 30.9 Å². The molecule has 0 atom stereocenters. The number of pyridine rings is 1. The molecule has 9 nitrogen and oxygen atoms in total. The van der Waals surface area contributed by atoms with Crippen molar-refractivity contribution in [1.29, 1.82) is 5.26 Å². The van der Waals surface area contributed by atoms with Gasteiger partial charge in [0.2, 0.25) is 5.95 Å². The molecule has 7 rings (SSSR count). The summed E-state index contributed by atoms with van der Waals surface area (Å²) in [5.41, 5.74) is 2.80. The average molecular weight is 511 g/mol. The number of aromatic nitrogens is 5. The molecule has 3 aliphatic rings. The second kappa shape index (κ2) is 7.95. The Kier molecular flexibility index (Phi) is 4.82. The van der Waals surface area contributed by atoms with Gasteiger partial charge in [-0.2, -0.15) is 10.2 Å². The number of anilines is 2. The lowest BCUT2D eigenvalue weighted by Gasteiger charge is -2.27. The molecule has 2 aliphatic carbocycles. The molecular weight excluding hydrogens is 483 g/mol. The van der Waals surface area contributed by atoms with Crippen LogP contribution in [0, 0.1) is 17.1 Å². The fraction of sp³-hybridized carbons (Fsp3) is 0.393. The minimum absolute atomic E-state index is 0.0105. The first kappa shape index (κ1) is 23.0. The zero-order chi connectivity index (χ0) is 26.2. The van der Waals surface area contributed by atoms with Crippen molar-refractivity contribution in [2.75, 3.05) is 11.9 Å². The molecule has 3 aromatic heterocycles. The third-order valence-corrected chi connectivity index (χ3v) is 7.92. The van der Waals surface area contributed by atoms with Gasteiger partial charge in [-0.3, -0.25) is 4.79 Å². The molecule has 38 heavy (non-hydrogen) atoms. The Morgan fingerprint density at radius 3 is 2.76 bits per heavy atom. The van der Waals surface area contributed by atoms with E-state index in [0.29, 0.717) is 22.8 Å². The predicted molar refractivity (Wildman–Crippen MR) is 140 cm³/mol. The molecule has 4 aromatic rings. The van der Waals surface area contributed by atoms with E-state index in [9.17, 15) is 14.4 Å². The summed E-state index contributed by atoms with van der Waals surface area (Å²) in [5.74, 6) is 0.128. The topological polar surface area (TPSA) is 113 Å². The van der Waals surface area contributed by atoms with E-state index in [1.807, 2.05) is 6.07 Å². The summed E-state index contributed by atoms with van der Waals surface area (Å²) < 4.78 is 18.0. The molecule has 0 radical (unpaired) electrons. The molecule has 192 valence electrons. The Labute approximate surface area is 218 Å². The van der Waals surface area contributed by atoms with Crippen LogP contribution in [0.15, 0.2) is 41.3 Å². The van der Waals surface area contributed by atoms with Gasteiger partial charge in [-0.1, -0.05) is 6.07 Å². The van der Waals surface area contributed by atoms with Crippen molar-refractivity contribution in [1.82, 2.24) is 29.6 Å². The number of hydrogen-bond donors (Lipinski definition) is 2. The number of nitrogens with zero attached hydrogens (tertiary/aromatic N) is 6. The van der Waals surface area contributed by atoms with E-state index in [1.54, 1.807) is 23.2 Å². The number of halogens is 1. The van der Waals surface area contributed by atoms with Crippen LogP contribution < -0.4 is 16.2 Å². The van der Waals surface area contributed by atoms with E-state index >= 15 is 0 Å². The second-order valence-corrected chi connectivity index (χ2v) is 11.1. The maximum atomic E-state index is 14.7. The molecular formula is C28H27FN8O. The highest BCUT2D eigenvalue weighted by Crippen LogP contribution is 2.49. The second-order valence-electron chi connectivity index (χ2n) is 11.1. The van der Waals surface area contributed by atoms with Gasteiger partial charge in [-0.05, 0) is 81.3 Å². The summed E-state index contributed by atoms with van der Waals surface area (Å²) in [5, 5.41) is 16.9. The minimum Gasteiger partial charge on any atom is -0.324 e. The summed E-state index contributed by atoms with van der Waals surface area (Å²) in [6, 6.07) is 11.3. The normalized spacial score (nSPS) is 17.8. The van der Waals surface area contributed by atoms with Crippen molar-refractivity contribution < 1.29 is 4.39 Å². The lowest BCUT2D eigenvalue weighted by Crippen LogP contribution is -2.36. The molecule has 0 bridgehead atoms. The third-order valence-electron chi connectivity index (χ3n) is 7.92. The zero-order valence-electron chi connectivity index (χ0n) is 21.3. The van der Waals surface area contributed by atoms with E-state index in [4.69, 9.17) is 4.98 Å². The van der Waals surface area contributed by atoms with Gasteiger partial charge in [0, 0.05) is 24.0 Å². The van der Waals surface area contributed by atoms with Crippen molar-refractivity contribution >= 4 is 22.7 Å². The molecule has 0 amide bonds. The Hall–Kier alpha value is -4.10. The number of benzene rings is 1. The molecule has 1 aromatic carbocycles. The molecule has 10 heteroatoms. The van der Waals surface area contributed by atoms with Crippen LogP contribution in [0.3, 0.4) is 0 Å². The van der Waals surface area contributed by atoms with Crippen molar-refractivity contribution in [2.24, 2.45) is 0 Å². The monoisotopic (exact) mass is 510 g/mol. The van der Waals surface area contributed by atoms with E-state index in [1.165, 1.54) is 42.3 Å². The summed E-state index contributed by atoms with van der Waals surface area (Å²) >= 11 is 0. The predicted octanol–water partition coefficient (Wildman–Crippen LogP) is 4.13. The lowest BCUT2D eigenvalue weighted by atomic mass is 9.90. The smallest absolute Gasteiger partial charge is 0.278 e. The number of nitriles is 1. The van der Waals surface area contributed by atoms with Gasteiger partial charge in [0.05, 0.1) is 23.2 Å². The van der Waals surface area contributed by atoms with Crippen LogP contribution in [0.25, 0.3) is 16.9 Å². The summed E-state index contributed by atoms with van der Waals surface area (Å²) in [4.78, 5) is 27.1. The molecule has 1 aliphatic heterocycles. The molecule has 0 unspecified atom stereocenters. The summed E-state index contributed by atoms with van der Waals surface area (Å²) in [6.07, 6.45) is 6.57. The Bertz CT molecular complexity index is 1720. The zero-order valence-corrected chi connectivity index (χ0v) is 21.3. The van der Waals surface area contributed by atoms with Crippen molar-refractivity contribution in [2.45, 2.75) is 62.9 Å². The third kappa shape index (κ3) is 3.53. The Morgan fingerprint density at radius 2 is 2.03 bits per heavy atom. The molecule has 4 heterocycles. The van der Waals surface area contributed by atoms with Gasteiger partial charge in [-0.15, -0.1) is 0 Å². The van der Waals surface area contributed by atoms with Gasteiger partial charge in [0.15, 0.2) is 11.5 Å². The maximum absolute atomic E-state index is 14.7. The molecule has 2 N–H and O–H groups in total. The first-order valence-corrected chi connectivity index (χ1v) is 13.0. The van der Waals surface area contributed by atoms with E-state index in [2.05, 4.69) is 38.8 Å².